The van der Waals surface area contributed by atoms with Gasteiger partial charge in [0.25, 0.3) is 0 Å². The van der Waals surface area contributed by atoms with Gasteiger partial charge in [0.05, 0.1) is 16.8 Å². The molecule has 0 radical (unpaired) electrons. The van der Waals surface area contributed by atoms with E-state index in [9.17, 15) is 9.59 Å². The number of hydrogen-bond donors (Lipinski definition) is 1. The van der Waals surface area contributed by atoms with Crippen LogP contribution in [0.2, 0.25) is 5.02 Å². The largest absolute Gasteiger partial charge is 0.486 e. The van der Waals surface area contributed by atoms with Crippen LogP contribution in [0.5, 0.6) is 11.5 Å². The number of carbonyl (C=O) groups is 2. The highest BCUT2D eigenvalue weighted by Crippen LogP contribution is 2.33. The molecule has 1 atom stereocenters. The van der Waals surface area contributed by atoms with E-state index in [1.165, 1.54) is 16.7 Å². The molecule has 0 fully saturated rings. The average molecular weight is 435 g/mol. The molecule has 154 valence electrons. The standard InChI is InChI=1S/C21H23ClN2O4S/c1-3-24(21(26)14(2)29-19-7-5-4-6-16(19)22)13-20(25)23-15-8-9-17-18(12-15)28-11-10-27-17/h4-9,12,14H,3,10-11,13H2,1-2H3,(H,23,25). The first kappa shape index (κ1) is 21.3. The first-order valence-electron chi connectivity index (χ1n) is 9.37. The zero-order valence-electron chi connectivity index (χ0n) is 16.3. The fourth-order valence-corrected chi connectivity index (χ4v) is 4.12. The van der Waals surface area contributed by atoms with Gasteiger partial charge in [-0.3, -0.25) is 9.59 Å². The number of ether oxygens (including phenoxy) is 2. The van der Waals surface area contributed by atoms with Crippen LogP contribution in [0.4, 0.5) is 5.69 Å². The van der Waals surface area contributed by atoms with E-state index in [0.29, 0.717) is 42.0 Å². The van der Waals surface area contributed by atoms with E-state index >= 15 is 0 Å². The predicted molar refractivity (Wildman–Crippen MR) is 115 cm³/mol. The Bertz CT molecular complexity index is 893. The van der Waals surface area contributed by atoms with Crippen LogP contribution in [0.15, 0.2) is 47.4 Å². The van der Waals surface area contributed by atoms with Gasteiger partial charge in [-0.1, -0.05) is 23.7 Å². The molecule has 0 aromatic heterocycles. The Balaban J connectivity index is 1.59. The van der Waals surface area contributed by atoms with Gasteiger partial charge in [0.15, 0.2) is 11.5 Å². The van der Waals surface area contributed by atoms with Crippen molar-refractivity contribution in [3.05, 3.63) is 47.5 Å². The number of benzene rings is 2. The lowest BCUT2D eigenvalue weighted by Gasteiger charge is -2.24. The zero-order chi connectivity index (χ0) is 20.8. The number of thioether (sulfide) groups is 1. The number of rotatable bonds is 7. The highest BCUT2D eigenvalue weighted by Gasteiger charge is 2.23. The first-order chi connectivity index (χ1) is 14.0. The van der Waals surface area contributed by atoms with Gasteiger partial charge < -0.3 is 19.7 Å². The predicted octanol–water partition coefficient (Wildman–Crippen LogP) is 4.08. The fourth-order valence-electron chi connectivity index (χ4n) is 2.88. The van der Waals surface area contributed by atoms with Gasteiger partial charge in [0.2, 0.25) is 11.8 Å². The van der Waals surface area contributed by atoms with Crippen LogP contribution in [0.1, 0.15) is 13.8 Å². The summed E-state index contributed by atoms with van der Waals surface area (Å²) < 4.78 is 11.0. The second-order valence-electron chi connectivity index (χ2n) is 6.45. The maximum atomic E-state index is 12.8. The molecule has 1 aliphatic rings. The third kappa shape index (κ3) is 5.58. The molecule has 6 nitrogen and oxygen atoms in total. The molecule has 0 bridgehead atoms. The van der Waals surface area contributed by atoms with Crippen molar-refractivity contribution in [3.63, 3.8) is 0 Å². The van der Waals surface area contributed by atoms with Crippen molar-refractivity contribution in [3.8, 4) is 11.5 Å². The number of halogens is 1. The lowest BCUT2D eigenvalue weighted by atomic mass is 10.2. The topological polar surface area (TPSA) is 67.9 Å². The molecule has 1 heterocycles. The Kier molecular flexibility index (Phi) is 7.28. The molecule has 0 saturated carbocycles. The van der Waals surface area contributed by atoms with Gasteiger partial charge in [-0.2, -0.15) is 0 Å². The van der Waals surface area contributed by atoms with Crippen LogP contribution < -0.4 is 14.8 Å². The number of hydrogen-bond acceptors (Lipinski definition) is 5. The molecule has 1 aliphatic heterocycles. The van der Waals surface area contributed by atoms with Crippen molar-refractivity contribution in [2.45, 2.75) is 24.0 Å². The number of fused-ring (bicyclic) bond motifs is 1. The molecule has 2 aromatic rings. The SMILES string of the molecule is CCN(CC(=O)Nc1ccc2c(c1)OCCO2)C(=O)C(C)Sc1ccccc1Cl. The van der Waals surface area contributed by atoms with Crippen molar-refractivity contribution in [1.82, 2.24) is 4.90 Å². The molecule has 1 N–H and O–H groups in total. The van der Waals surface area contributed by atoms with Gasteiger partial charge >= 0.3 is 0 Å². The van der Waals surface area contributed by atoms with E-state index in [1.54, 1.807) is 24.3 Å². The number of nitrogens with one attached hydrogen (secondary N) is 1. The van der Waals surface area contributed by atoms with Crippen LogP contribution >= 0.6 is 23.4 Å². The molecule has 3 rings (SSSR count). The van der Waals surface area contributed by atoms with E-state index in [1.807, 2.05) is 32.0 Å². The zero-order valence-corrected chi connectivity index (χ0v) is 17.9. The summed E-state index contributed by atoms with van der Waals surface area (Å²) >= 11 is 7.57. The van der Waals surface area contributed by atoms with Crippen LogP contribution in [0.25, 0.3) is 0 Å². The van der Waals surface area contributed by atoms with E-state index in [4.69, 9.17) is 21.1 Å². The minimum absolute atomic E-state index is 0.0306. The number of anilines is 1. The van der Waals surface area contributed by atoms with Crippen molar-refractivity contribution < 1.29 is 19.1 Å². The molecule has 1 unspecified atom stereocenters. The summed E-state index contributed by atoms with van der Waals surface area (Å²) in [4.78, 5) is 27.7. The van der Waals surface area contributed by atoms with E-state index in [0.717, 1.165) is 4.90 Å². The highest BCUT2D eigenvalue weighted by atomic mass is 35.5. The normalized spacial score (nSPS) is 13.5. The second kappa shape index (κ2) is 9.89. The summed E-state index contributed by atoms with van der Waals surface area (Å²) in [6.45, 7) is 5.05. The third-order valence-corrected chi connectivity index (χ3v) is 5.95. The maximum Gasteiger partial charge on any atom is 0.243 e. The Morgan fingerprint density at radius 3 is 2.62 bits per heavy atom. The summed E-state index contributed by atoms with van der Waals surface area (Å²) in [6.07, 6.45) is 0. The van der Waals surface area contributed by atoms with Crippen LogP contribution in [-0.2, 0) is 9.59 Å². The van der Waals surface area contributed by atoms with Gasteiger partial charge in [-0.25, -0.2) is 0 Å². The van der Waals surface area contributed by atoms with Crippen molar-refractivity contribution in [2.24, 2.45) is 0 Å². The molecule has 2 aromatic carbocycles. The molecular formula is C21H23ClN2O4S. The quantitative estimate of drug-likeness (QED) is 0.665. The third-order valence-electron chi connectivity index (χ3n) is 4.34. The highest BCUT2D eigenvalue weighted by molar-refractivity contribution is 8.00. The summed E-state index contributed by atoms with van der Waals surface area (Å²) in [7, 11) is 0. The minimum atomic E-state index is -0.364. The van der Waals surface area contributed by atoms with E-state index < -0.39 is 0 Å². The average Bonchev–Trinajstić information content (AvgIpc) is 2.73. The van der Waals surface area contributed by atoms with E-state index in [2.05, 4.69) is 5.32 Å². The van der Waals surface area contributed by atoms with Gasteiger partial charge in [0.1, 0.15) is 13.2 Å². The monoisotopic (exact) mass is 434 g/mol. The van der Waals surface area contributed by atoms with Gasteiger partial charge in [0, 0.05) is 23.2 Å². The van der Waals surface area contributed by atoms with Crippen LogP contribution in [0, 0.1) is 0 Å². The molecule has 2 amide bonds. The number of likely N-dealkylation sites (N-methyl/N-ethyl adjacent to an activating group) is 1. The Morgan fingerprint density at radius 1 is 1.17 bits per heavy atom. The summed E-state index contributed by atoms with van der Waals surface area (Å²) in [5.74, 6) is 0.869. The maximum absolute atomic E-state index is 12.8. The lowest BCUT2D eigenvalue weighted by molar-refractivity contribution is -0.133. The van der Waals surface area contributed by atoms with Crippen molar-refractivity contribution >= 4 is 40.9 Å². The summed E-state index contributed by atoms with van der Waals surface area (Å²) in [5.41, 5.74) is 0.598. The minimum Gasteiger partial charge on any atom is -0.486 e. The van der Waals surface area contributed by atoms with Crippen LogP contribution in [0.3, 0.4) is 0 Å². The fraction of sp³-hybridized carbons (Fsp3) is 0.333. The smallest absolute Gasteiger partial charge is 0.243 e. The summed E-state index contributed by atoms with van der Waals surface area (Å²) in [6, 6.07) is 12.6. The Labute approximate surface area is 179 Å². The van der Waals surface area contributed by atoms with Gasteiger partial charge in [-0.15, -0.1) is 11.8 Å². The Hall–Kier alpha value is -2.38. The number of amides is 2. The summed E-state index contributed by atoms with van der Waals surface area (Å²) in [5, 5.41) is 3.06. The molecule has 8 heteroatoms. The van der Waals surface area contributed by atoms with Crippen molar-refractivity contribution in [2.75, 3.05) is 31.6 Å². The van der Waals surface area contributed by atoms with Crippen molar-refractivity contribution in [1.29, 1.82) is 0 Å². The molecule has 29 heavy (non-hydrogen) atoms. The molecule has 0 aliphatic carbocycles. The van der Waals surface area contributed by atoms with Crippen LogP contribution in [-0.4, -0.2) is 48.3 Å². The molecule has 0 spiro atoms. The molecule has 0 saturated heterocycles. The number of nitrogens with zero attached hydrogens (tertiary/aromatic N) is 1. The number of carbonyl (C=O) groups excluding carboxylic acids is 2. The van der Waals surface area contributed by atoms with E-state index in [-0.39, 0.29) is 23.6 Å². The second-order valence-corrected chi connectivity index (χ2v) is 8.24. The first-order valence-corrected chi connectivity index (χ1v) is 10.6. The van der Waals surface area contributed by atoms with Gasteiger partial charge in [-0.05, 0) is 38.1 Å². The lowest BCUT2D eigenvalue weighted by Crippen LogP contribution is -2.41. The Morgan fingerprint density at radius 2 is 1.90 bits per heavy atom. The molecular weight excluding hydrogens is 412 g/mol.